The van der Waals surface area contributed by atoms with Crippen molar-refractivity contribution < 1.29 is 5.11 Å². The molecule has 0 bridgehead atoms. The maximum Gasteiger partial charge on any atom is 0.152 e. The summed E-state index contributed by atoms with van der Waals surface area (Å²) in [5, 5.41) is 22.6. The molecule has 0 spiro atoms. The number of anilines is 2. The third kappa shape index (κ3) is 1.35. The maximum absolute atomic E-state index is 10.1. The molecule has 18 heavy (non-hydrogen) atoms. The molecule has 2 aliphatic heterocycles. The number of hydrogen-bond donors (Lipinski definition) is 2. The molecule has 1 atom stereocenters. The van der Waals surface area contributed by atoms with E-state index < -0.39 is 6.23 Å². The van der Waals surface area contributed by atoms with Crippen LogP contribution >= 0.6 is 0 Å². The molecule has 2 N–H and O–H groups in total. The summed E-state index contributed by atoms with van der Waals surface area (Å²) >= 11 is 0. The average molecular weight is 239 g/mol. The number of benzene rings is 1. The lowest BCUT2D eigenvalue weighted by Crippen LogP contribution is -2.35. The normalized spacial score (nSPS) is 20.9. The number of aryl methyl sites for hydroxylation is 1. The number of rotatable bonds is 0. The van der Waals surface area contributed by atoms with Crippen LogP contribution in [0.1, 0.15) is 12.5 Å². The molecule has 0 aliphatic carbocycles. The SMILES string of the molecule is CC1=C[C@H](O)N2C(=C1C#N)Nc1cc(C)ccc12. The van der Waals surface area contributed by atoms with Crippen molar-refractivity contribution in [2.24, 2.45) is 0 Å². The molecule has 0 fully saturated rings. The van der Waals surface area contributed by atoms with E-state index in [2.05, 4.69) is 11.4 Å². The highest BCUT2D eigenvalue weighted by molar-refractivity contribution is 5.84. The van der Waals surface area contributed by atoms with Crippen LogP contribution in [0.3, 0.4) is 0 Å². The molecule has 0 unspecified atom stereocenters. The van der Waals surface area contributed by atoms with E-state index in [9.17, 15) is 10.4 Å². The van der Waals surface area contributed by atoms with Gasteiger partial charge in [0.15, 0.2) is 6.23 Å². The fraction of sp³-hybridized carbons (Fsp3) is 0.214. The zero-order valence-electron chi connectivity index (χ0n) is 10.2. The van der Waals surface area contributed by atoms with Gasteiger partial charge in [-0.3, -0.25) is 4.90 Å². The molecule has 1 aromatic carbocycles. The topological polar surface area (TPSA) is 59.3 Å². The van der Waals surface area contributed by atoms with Gasteiger partial charge in [0.1, 0.15) is 11.9 Å². The molecule has 0 amide bonds. The molecule has 0 saturated heterocycles. The van der Waals surface area contributed by atoms with Crippen LogP contribution in [0.4, 0.5) is 11.4 Å². The first-order valence-electron chi connectivity index (χ1n) is 5.80. The van der Waals surface area contributed by atoms with E-state index in [1.54, 1.807) is 11.0 Å². The first kappa shape index (κ1) is 10.9. The summed E-state index contributed by atoms with van der Waals surface area (Å²) in [6, 6.07) is 8.15. The average Bonchev–Trinajstić information content (AvgIpc) is 2.67. The Morgan fingerprint density at radius 2 is 2.17 bits per heavy atom. The van der Waals surface area contributed by atoms with E-state index >= 15 is 0 Å². The molecule has 0 radical (unpaired) electrons. The molecule has 2 aliphatic rings. The minimum atomic E-state index is -0.728. The standard InChI is InChI=1S/C14H13N3O/c1-8-3-4-12-11(5-8)16-14-10(7-15)9(2)6-13(18)17(12)14/h3-6,13,16,18H,1-2H3/t13-/m0/s1. The molecular formula is C14H13N3O. The summed E-state index contributed by atoms with van der Waals surface area (Å²) < 4.78 is 0. The summed E-state index contributed by atoms with van der Waals surface area (Å²) in [6.45, 7) is 3.85. The molecule has 0 saturated carbocycles. The molecule has 4 nitrogen and oxygen atoms in total. The largest absolute Gasteiger partial charge is 0.369 e. The van der Waals surface area contributed by atoms with Gasteiger partial charge < -0.3 is 10.4 Å². The highest BCUT2D eigenvalue weighted by atomic mass is 16.3. The van der Waals surface area contributed by atoms with Crippen LogP contribution < -0.4 is 10.2 Å². The third-order valence-corrected chi connectivity index (χ3v) is 3.31. The van der Waals surface area contributed by atoms with Crippen LogP contribution in [0.2, 0.25) is 0 Å². The van der Waals surface area contributed by atoms with Crippen molar-refractivity contribution in [2.45, 2.75) is 20.1 Å². The number of aliphatic hydroxyl groups excluding tert-OH is 1. The van der Waals surface area contributed by atoms with Gasteiger partial charge in [0.2, 0.25) is 0 Å². The smallest absolute Gasteiger partial charge is 0.152 e. The Hall–Kier alpha value is -2.25. The highest BCUT2D eigenvalue weighted by Gasteiger charge is 2.34. The number of hydrogen-bond acceptors (Lipinski definition) is 4. The van der Waals surface area contributed by atoms with Crippen LogP contribution in [0.15, 0.2) is 41.2 Å². The minimum Gasteiger partial charge on any atom is -0.369 e. The summed E-state index contributed by atoms with van der Waals surface area (Å²) in [5.74, 6) is 0.672. The van der Waals surface area contributed by atoms with E-state index in [1.807, 2.05) is 32.0 Å². The van der Waals surface area contributed by atoms with Crippen molar-refractivity contribution in [3.63, 3.8) is 0 Å². The van der Waals surface area contributed by atoms with Crippen LogP contribution in [0.5, 0.6) is 0 Å². The summed E-state index contributed by atoms with van der Waals surface area (Å²) in [6.07, 6.45) is 0.965. The number of nitrogens with one attached hydrogen (secondary N) is 1. The molecule has 2 heterocycles. The van der Waals surface area contributed by atoms with Crippen LogP contribution in [-0.2, 0) is 0 Å². The lowest BCUT2D eigenvalue weighted by Gasteiger charge is -2.29. The Bertz CT molecular complexity index is 637. The van der Waals surface area contributed by atoms with Crippen molar-refractivity contribution in [3.05, 3.63) is 46.8 Å². The number of nitrogens with zero attached hydrogens (tertiary/aromatic N) is 2. The van der Waals surface area contributed by atoms with Gasteiger partial charge in [0.05, 0.1) is 16.9 Å². The molecule has 90 valence electrons. The van der Waals surface area contributed by atoms with Gasteiger partial charge in [-0.1, -0.05) is 6.07 Å². The van der Waals surface area contributed by atoms with Gasteiger partial charge in [0.25, 0.3) is 0 Å². The van der Waals surface area contributed by atoms with E-state index in [0.717, 1.165) is 22.5 Å². The Kier molecular flexibility index (Phi) is 2.19. The van der Waals surface area contributed by atoms with Gasteiger partial charge in [0, 0.05) is 0 Å². The van der Waals surface area contributed by atoms with Gasteiger partial charge >= 0.3 is 0 Å². The number of nitriles is 1. The maximum atomic E-state index is 10.1. The first-order valence-corrected chi connectivity index (χ1v) is 5.80. The number of fused-ring (bicyclic) bond motifs is 3. The second kappa shape index (κ2) is 3.62. The summed E-state index contributed by atoms with van der Waals surface area (Å²) in [7, 11) is 0. The quantitative estimate of drug-likeness (QED) is 0.729. The first-order chi connectivity index (χ1) is 8.61. The highest BCUT2D eigenvalue weighted by Crippen LogP contribution is 2.42. The molecule has 3 rings (SSSR count). The third-order valence-electron chi connectivity index (χ3n) is 3.31. The van der Waals surface area contributed by atoms with Crippen LogP contribution in [0.25, 0.3) is 0 Å². The van der Waals surface area contributed by atoms with Crippen molar-refractivity contribution in [3.8, 4) is 6.07 Å². The van der Waals surface area contributed by atoms with E-state index in [0.29, 0.717) is 11.4 Å². The van der Waals surface area contributed by atoms with E-state index in [4.69, 9.17) is 0 Å². The van der Waals surface area contributed by atoms with Gasteiger partial charge in [-0.25, -0.2) is 0 Å². The lowest BCUT2D eigenvalue weighted by atomic mass is 10.0. The van der Waals surface area contributed by atoms with Gasteiger partial charge in [-0.15, -0.1) is 0 Å². The summed E-state index contributed by atoms with van der Waals surface area (Å²) in [4.78, 5) is 1.75. The zero-order chi connectivity index (χ0) is 12.9. The molecule has 4 heteroatoms. The summed E-state index contributed by atoms with van der Waals surface area (Å²) in [5.41, 5.74) is 4.35. The fourth-order valence-electron chi connectivity index (χ4n) is 2.44. The molecule has 1 aromatic rings. The Morgan fingerprint density at radius 1 is 1.39 bits per heavy atom. The number of aliphatic hydroxyl groups is 1. The molecule has 0 aromatic heterocycles. The van der Waals surface area contributed by atoms with Crippen molar-refractivity contribution in [2.75, 3.05) is 10.2 Å². The molecular weight excluding hydrogens is 226 g/mol. The van der Waals surface area contributed by atoms with Crippen molar-refractivity contribution in [1.29, 1.82) is 5.26 Å². The van der Waals surface area contributed by atoms with Crippen molar-refractivity contribution >= 4 is 11.4 Å². The van der Waals surface area contributed by atoms with E-state index in [-0.39, 0.29) is 0 Å². The predicted molar refractivity (Wildman–Crippen MR) is 69.7 cm³/mol. The van der Waals surface area contributed by atoms with Crippen LogP contribution in [-0.4, -0.2) is 11.3 Å². The fourth-order valence-corrected chi connectivity index (χ4v) is 2.44. The second-order valence-corrected chi connectivity index (χ2v) is 4.61. The lowest BCUT2D eigenvalue weighted by molar-refractivity contribution is 0.224. The second-order valence-electron chi connectivity index (χ2n) is 4.61. The Balaban J connectivity index is 2.20. The predicted octanol–water partition coefficient (Wildman–Crippen LogP) is 2.24. The van der Waals surface area contributed by atoms with Gasteiger partial charge in [-0.2, -0.15) is 5.26 Å². The van der Waals surface area contributed by atoms with Crippen LogP contribution in [0, 0.1) is 18.3 Å². The Morgan fingerprint density at radius 3 is 2.89 bits per heavy atom. The Labute approximate surface area is 105 Å². The van der Waals surface area contributed by atoms with E-state index in [1.165, 1.54) is 0 Å². The minimum absolute atomic E-state index is 0.578. The monoisotopic (exact) mass is 239 g/mol. The van der Waals surface area contributed by atoms with Gasteiger partial charge in [-0.05, 0) is 43.2 Å². The number of allylic oxidation sites excluding steroid dienone is 2. The van der Waals surface area contributed by atoms with Crippen molar-refractivity contribution in [1.82, 2.24) is 0 Å². The zero-order valence-corrected chi connectivity index (χ0v) is 10.2.